The zero-order valence-corrected chi connectivity index (χ0v) is 12.6. The number of carbonyl (C=O) groups excluding carboxylic acids is 1. The molecule has 2 aromatic rings. The Hall–Kier alpha value is -2.70. The second-order valence-corrected chi connectivity index (χ2v) is 5.94. The first-order valence-corrected chi connectivity index (χ1v) is 7.24. The van der Waals surface area contributed by atoms with Crippen LogP contribution in [0.4, 0.5) is 4.39 Å². The number of rotatable bonds is 3. The number of para-hydroxylation sites is 1. The summed E-state index contributed by atoms with van der Waals surface area (Å²) in [4.78, 5) is 25.2. The molecule has 0 aliphatic carbocycles. The highest BCUT2D eigenvalue weighted by Crippen LogP contribution is 2.30. The summed E-state index contributed by atoms with van der Waals surface area (Å²) in [6.45, 7) is 2.14. The van der Waals surface area contributed by atoms with Gasteiger partial charge in [0.2, 0.25) is 0 Å². The highest BCUT2D eigenvalue weighted by atomic mass is 19.1. The van der Waals surface area contributed by atoms with Crippen LogP contribution in [0.2, 0.25) is 0 Å². The van der Waals surface area contributed by atoms with Crippen LogP contribution in [-0.2, 0) is 4.79 Å². The third kappa shape index (κ3) is 2.69. The summed E-state index contributed by atoms with van der Waals surface area (Å²) in [7, 11) is 0. The van der Waals surface area contributed by atoms with Gasteiger partial charge < -0.3 is 10.0 Å². The van der Waals surface area contributed by atoms with Gasteiger partial charge in [0.25, 0.3) is 5.91 Å². The molecule has 1 unspecified atom stereocenters. The van der Waals surface area contributed by atoms with Gasteiger partial charge in [0.05, 0.1) is 5.41 Å². The van der Waals surface area contributed by atoms with Crippen molar-refractivity contribution in [2.75, 3.05) is 13.1 Å². The van der Waals surface area contributed by atoms with Crippen molar-refractivity contribution in [2.24, 2.45) is 5.41 Å². The molecule has 1 fully saturated rings. The van der Waals surface area contributed by atoms with Gasteiger partial charge in [-0.15, -0.1) is 0 Å². The molecule has 120 valence electrons. The van der Waals surface area contributed by atoms with Gasteiger partial charge in [0.1, 0.15) is 11.5 Å². The van der Waals surface area contributed by atoms with E-state index in [4.69, 9.17) is 0 Å². The number of amides is 1. The fourth-order valence-corrected chi connectivity index (χ4v) is 2.68. The van der Waals surface area contributed by atoms with Crippen molar-refractivity contribution in [3.05, 3.63) is 48.0 Å². The minimum absolute atomic E-state index is 0.147. The number of carboxylic acid groups (broad SMARTS) is 1. The number of benzene rings is 1. The Bertz CT molecular complexity index is 773. The minimum atomic E-state index is -0.927. The Labute approximate surface area is 132 Å². The van der Waals surface area contributed by atoms with Crippen molar-refractivity contribution >= 4 is 11.9 Å². The average molecular weight is 317 g/mol. The standard InChI is InChI=1S/C16H16FN3O3/c1-16(15(22)23)7-9-19(10-16)14(21)12-6-8-20(18-12)13-5-3-2-4-11(13)17/h2-6,8H,7,9-10H2,1H3,(H,22,23). The Morgan fingerprint density at radius 1 is 1.30 bits per heavy atom. The number of halogens is 1. The molecule has 1 saturated heterocycles. The SMILES string of the molecule is CC1(C(=O)O)CCN(C(=O)c2ccn(-c3ccccc3F)n2)C1. The van der Waals surface area contributed by atoms with Crippen LogP contribution in [0.5, 0.6) is 0 Å². The van der Waals surface area contributed by atoms with E-state index in [-0.39, 0.29) is 23.8 Å². The van der Waals surface area contributed by atoms with Crippen LogP contribution in [0.25, 0.3) is 5.69 Å². The first kappa shape index (κ1) is 15.2. The van der Waals surface area contributed by atoms with E-state index < -0.39 is 17.2 Å². The Kier molecular flexibility index (Phi) is 3.63. The first-order valence-electron chi connectivity index (χ1n) is 7.24. The minimum Gasteiger partial charge on any atom is -0.481 e. The lowest BCUT2D eigenvalue weighted by Gasteiger charge is -2.19. The van der Waals surface area contributed by atoms with E-state index in [1.807, 2.05) is 0 Å². The number of carbonyl (C=O) groups is 2. The van der Waals surface area contributed by atoms with Crippen LogP contribution in [-0.4, -0.2) is 44.8 Å². The number of hydrogen-bond acceptors (Lipinski definition) is 3. The molecule has 3 rings (SSSR count). The normalized spacial score (nSPS) is 20.7. The third-order valence-electron chi connectivity index (χ3n) is 4.18. The number of hydrogen-bond donors (Lipinski definition) is 1. The van der Waals surface area contributed by atoms with Crippen molar-refractivity contribution in [2.45, 2.75) is 13.3 Å². The number of aromatic nitrogens is 2. The number of aliphatic carboxylic acids is 1. The molecule has 1 amide bonds. The van der Waals surface area contributed by atoms with E-state index >= 15 is 0 Å². The predicted octanol–water partition coefficient (Wildman–Crippen LogP) is 1.95. The van der Waals surface area contributed by atoms with Crippen LogP contribution < -0.4 is 0 Å². The second kappa shape index (κ2) is 5.49. The third-order valence-corrected chi connectivity index (χ3v) is 4.18. The van der Waals surface area contributed by atoms with Gasteiger partial charge in [-0.2, -0.15) is 5.10 Å². The largest absolute Gasteiger partial charge is 0.481 e. The number of likely N-dealkylation sites (tertiary alicyclic amines) is 1. The molecule has 0 bridgehead atoms. The maximum absolute atomic E-state index is 13.8. The summed E-state index contributed by atoms with van der Waals surface area (Å²) in [5, 5.41) is 13.3. The van der Waals surface area contributed by atoms with Crippen molar-refractivity contribution in [1.82, 2.24) is 14.7 Å². The van der Waals surface area contributed by atoms with Crippen molar-refractivity contribution in [3.63, 3.8) is 0 Å². The van der Waals surface area contributed by atoms with Gasteiger partial charge in [-0.05, 0) is 31.5 Å². The number of nitrogens with zero attached hydrogens (tertiary/aromatic N) is 3. The highest BCUT2D eigenvalue weighted by Gasteiger charge is 2.42. The van der Waals surface area contributed by atoms with Crippen molar-refractivity contribution in [1.29, 1.82) is 0 Å². The molecule has 23 heavy (non-hydrogen) atoms. The molecule has 0 spiro atoms. The molecule has 1 aromatic carbocycles. The maximum Gasteiger partial charge on any atom is 0.311 e. The Balaban J connectivity index is 1.80. The fraction of sp³-hybridized carbons (Fsp3) is 0.312. The second-order valence-electron chi connectivity index (χ2n) is 5.94. The predicted molar refractivity (Wildman–Crippen MR) is 79.8 cm³/mol. The molecule has 7 heteroatoms. The van der Waals surface area contributed by atoms with Gasteiger partial charge in [-0.25, -0.2) is 9.07 Å². The van der Waals surface area contributed by atoms with E-state index in [0.717, 1.165) is 0 Å². The van der Waals surface area contributed by atoms with Crippen molar-refractivity contribution < 1.29 is 19.1 Å². The fourth-order valence-electron chi connectivity index (χ4n) is 2.68. The van der Waals surface area contributed by atoms with E-state index in [1.54, 1.807) is 25.1 Å². The molecular weight excluding hydrogens is 301 g/mol. The number of carboxylic acids is 1. The van der Waals surface area contributed by atoms with Crippen LogP contribution in [0.1, 0.15) is 23.8 Å². The molecule has 2 heterocycles. The van der Waals surface area contributed by atoms with E-state index in [0.29, 0.717) is 13.0 Å². The monoisotopic (exact) mass is 317 g/mol. The molecule has 0 saturated carbocycles. The molecule has 1 aromatic heterocycles. The summed E-state index contributed by atoms with van der Waals surface area (Å²) in [5.41, 5.74) is -0.504. The lowest BCUT2D eigenvalue weighted by Crippen LogP contribution is -2.35. The molecule has 1 aliphatic rings. The van der Waals surface area contributed by atoms with Gasteiger partial charge in [-0.3, -0.25) is 9.59 Å². The summed E-state index contributed by atoms with van der Waals surface area (Å²) in [6.07, 6.45) is 1.92. The van der Waals surface area contributed by atoms with Gasteiger partial charge in [0, 0.05) is 19.3 Å². The van der Waals surface area contributed by atoms with Gasteiger partial charge in [-0.1, -0.05) is 12.1 Å². The lowest BCUT2D eigenvalue weighted by atomic mass is 9.90. The zero-order valence-electron chi connectivity index (χ0n) is 12.6. The average Bonchev–Trinajstić information content (AvgIpc) is 3.15. The molecule has 1 aliphatic heterocycles. The van der Waals surface area contributed by atoms with E-state index in [9.17, 15) is 19.1 Å². The smallest absolute Gasteiger partial charge is 0.311 e. The van der Waals surface area contributed by atoms with Gasteiger partial charge >= 0.3 is 5.97 Å². The zero-order chi connectivity index (χ0) is 16.6. The summed E-state index contributed by atoms with van der Waals surface area (Å²) < 4.78 is 15.1. The Morgan fingerprint density at radius 3 is 2.70 bits per heavy atom. The van der Waals surface area contributed by atoms with E-state index in [1.165, 1.54) is 27.9 Å². The topological polar surface area (TPSA) is 75.4 Å². The molecule has 1 atom stereocenters. The molecule has 0 radical (unpaired) electrons. The molecule has 1 N–H and O–H groups in total. The van der Waals surface area contributed by atoms with Crippen LogP contribution in [0, 0.1) is 11.2 Å². The quantitative estimate of drug-likeness (QED) is 0.939. The molecular formula is C16H16FN3O3. The molecule has 6 nitrogen and oxygen atoms in total. The Morgan fingerprint density at radius 2 is 2.04 bits per heavy atom. The van der Waals surface area contributed by atoms with E-state index in [2.05, 4.69) is 5.10 Å². The first-order chi connectivity index (χ1) is 10.9. The lowest BCUT2D eigenvalue weighted by molar-refractivity contribution is -0.147. The maximum atomic E-state index is 13.8. The summed E-state index contributed by atoms with van der Waals surface area (Å²) in [6, 6.07) is 7.64. The van der Waals surface area contributed by atoms with Gasteiger partial charge in [0.15, 0.2) is 5.69 Å². The van der Waals surface area contributed by atoms with Crippen LogP contribution >= 0.6 is 0 Å². The van der Waals surface area contributed by atoms with Crippen LogP contribution in [0.3, 0.4) is 0 Å². The summed E-state index contributed by atoms with van der Waals surface area (Å²) >= 11 is 0. The van der Waals surface area contributed by atoms with Crippen molar-refractivity contribution in [3.8, 4) is 5.69 Å². The highest BCUT2D eigenvalue weighted by molar-refractivity contribution is 5.93. The summed E-state index contributed by atoms with van der Waals surface area (Å²) in [5.74, 6) is -1.69. The van der Waals surface area contributed by atoms with Crippen LogP contribution in [0.15, 0.2) is 36.5 Å².